The molecule has 0 bridgehead atoms. The van der Waals surface area contributed by atoms with E-state index in [4.69, 9.17) is 24.5 Å². The first-order valence-corrected chi connectivity index (χ1v) is 12.4. The molecule has 0 amide bonds. The third-order valence-corrected chi connectivity index (χ3v) is 6.25. The van der Waals surface area contributed by atoms with Gasteiger partial charge >= 0.3 is 11.9 Å². The standard InChI is InChI=1S/C24H37N3O2.C2H2O4/c1-3-4-5-6-7-8-13-26-14-16-27(17-15-26)19-24(28)21-11-12-25-23-10-9-20(29-2)18-22(21)23;3-1(4)2(5)6/h9-12,18,24,28H,3-8,13-17,19H2,1-2H3;(H,3,4)(H,5,6)/t24-;/m0./s1. The highest BCUT2D eigenvalue weighted by molar-refractivity contribution is 6.27. The van der Waals surface area contributed by atoms with Gasteiger partial charge in [-0.05, 0) is 42.8 Å². The average molecular weight is 490 g/mol. The van der Waals surface area contributed by atoms with Gasteiger partial charge in [0.25, 0.3) is 0 Å². The Morgan fingerprint density at radius 3 is 2.23 bits per heavy atom. The molecule has 35 heavy (non-hydrogen) atoms. The van der Waals surface area contributed by atoms with E-state index in [0.717, 1.165) is 48.4 Å². The highest BCUT2D eigenvalue weighted by atomic mass is 16.5. The van der Waals surface area contributed by atoms with Crippen LogP contribution in [0.15, 0.2) is 30.5 Å². The van der Waals surface area contributed by atoms with Gasteiger partial charge in [0.05, 0.1) is 18.7 Å². The van der Waals surface area contributed by atoms with E-state index < -0.39 is 18.0 Å². The first kappa shape index (κ1) is 28.5. The first-order chi connectivity index (χ1) is 16.8. The Hall–Kier alpha value is -2.75. The molecule has 1 atom stereocenters. The summed E-state index contributed by atoms with van der Waals surface area (Å²) in [4.78, 5) is 27.6. The van der Waals surface area contributed by atoms with E-state index in [1.807, 2.05) is 24.3 Å². The number of nitrogens with zero attached hydrogens (tertiary/aromatic N) is 3. The lowest BCUT2D eigenvalue weighted by atomic mass is 10.0. The topological polar surface area (TPSA) is 123 Å². The molecular weight excluding hydrogens is 450 g/mol. The molecule has 0 radical (unpaired) electrons. The normalized spacial score (nSPS) is 15.3. The van der Waals surface area contributed by atoms with Crippen LogP contribution in [0.4, 0.5) is 0 Å². The maximum Gasteiger partial charge on any atom is 0.414 e. The van der Waals surface area contributed by atoms with Crippen molar-refractivity contribution < 1.29 is 29.6 Å². The minimum atomic E-state index is -1.82. The molecule has 3 N–H and O–H groups in total. The number of methoxy groups -OCH3 is 1. The molecule has 194 valence electrons. The molecule has 1 aliphatic rings. The van der Waals surface area contributed by atoms with E-state index in [9.17, 15) is 5.11 Å². The minimum absolute atomic E-state index is 0.516. The number of fused-ring (bicyclic) bond motifs is 1. The monoisotopic (exact) mass is 489 g/mol. The van der Waals surface area contributed by atoms with Crippen LogP contribution >= 0.6 is 0 Å². The van der Waals surface area contributed by atoms with Crippen molar-refractivity contribution in [2.45, 2.75) is 51.6 Å². The molecule has 9 nitrogen and oxygen atoms in total. The summed E-state index contributed by atoms with van der Waals surface area (Å²) in [6, 6.07) is 7.76. The van der Waals surface area contributed by atoms with Crippen LogP contribution in [-0.2, 0) is 9.59 Å². The Balaban J connectivity index is 0.000000641. The zero-order valence-electron chi connectivity index (χ0n) is 20.9. The van der Waals surface area contributed by atoms with Gasteiger partial charge in [0.1, 0.15) is 5.75 Å². The molecule has 9 heteroatoms. The quantitative estimate of drug-likeness (QED) is 0.322. The molecule has 0 aliphatic carbocycles. The van der Waals surface area contributed by atoms with Crippen LogP contribution in [-0.4, -0.2) is 88.4 Å². The number of pyridine rings is 1. The van der Waals surface area contributed by atoms with Crippen LogP contribution in [0.3, 0.4) is 0 Å². The summed E-state index contributed by atoms with van der Waals surface area (Å²) in [6.45, 7) is 8.42. The lowest BCUT2D eigenvalue weighted by Crippen LogP contribution is -2.47. The Bertz CT molecular complexity index is 918. The molecule has 1 aliphatic heterocycles. The second-order valence-electron chi connectivity index (χ2n) is 8.82. The van der Waals surface area contributed by atoms with Crippen LogP contribution in [0.2, 0.25) is 0 Å². The predicted octanol–water partition coefficient (Wildman–Crippen LogP) is 3.41. The summed E-state index contributed by atoms with van der Waals surface area (Å²) in [7, 11) is 1.67. The Labute approximate surface area is 207 Å². The number of aromatic nitrogens is 1. The van der Waals surface area contributed by atoms with E-state index in [1.165, 1.54) is 45.1 Å². The average Bonchev–Trinajstić information content (AvgIpc) is 2.86. The molecule has 1 saturated heterocycles. The molecule has 2 heterocycles. The first-order valence-electron chi connectivity index (χ1n) is 12.4. The van der Waals surface area contributed by atoms with Crippen molar-refractivity contribution in [3.63, 3.8) is 0 Å². The molecule has 1 aromatic heterocycles. The Kier molecular flexibility index (Phi) is 12.4. The number of carboxylic acids is 2. The number of aliphatic carboxylic acids is 2. The van der Waals surface area contributed by atoms with Gasteiger partial charge in [-0.1, -0.05) is 39.0 Å². The fourth-order valence-electron chi connectivity index (χ4n) is 4.22. The second-order valence-corrected chi connectivity index (χ2v) is 8.82. The van der Waals surface area contributed by atoms with Gasteiger partial charge in [0.2, 0.25) is 0 Å². The van der Waals surface area contributed by atoms with Crippen molar-refractivity contribution >= 4 is 22.8 Å². The van der Waals surface area contributed by atoms with E-state index in [2.05, 4.69) is 21.7 Å². The number of ether oxygens (including phenoxy) is 1. The number of β-amino-alcohol motifs (C(OH)–C–C–N with tert-alkyl or cyclic N) is 1. The smallest absolute Gasteiger partial charge is 0.414 e. The van der Waals surface area contributed by atoms with Crippen molar-refractivity contribution in [1.29, 1.82) is 0 Å². The fraction of sp³-hybridized carbons (Fsp3) is 0.577. The number of hydrogen-bond acceptors (Lipinski definition) is 7. The van der Waals surface area contributed by atoms with E-state index in [0.29, 0.717) is 6.54 Å². The van der Waals surface area contributed by atoms with Gasteiger partial charge in [-0.2, -0.15) is 0 Å². The van der Waals surface area contributed by atoms with Gasteiger partial charge in [-0.3, -0.25) is 9.88 Å². The Morgan fingerprint density at radius 1 is 0.971 bits per heavy atom. The van der Waals surface area contributed by atoms with Gasteiger partial charge < -0.3 is 25.0 Å². The van der Waals surface area contributed by atoms with E-state index in [-0.39, 0.29) is 0 Å². The summed E-state index contributed by atoms with van der Waals surface area (Å²) >= 11 is 0. The summed E-state index contributed by atoms with van der Waals surface area (Å²) in [5.74, 6) is -2.85. The lowest BCUT2D eigenvalue weighted by molar-refractivity contribution is -0.159. The number of aliphatic hydroxyl groups excluding tert-OH is 1. The van der Waals surface area contributed by atoms with Crippen LogP contribution in [0.5, 0.6) is 5.75 Å². The third kappa shape index (κ3) is 9.79. The van der Waals surface area contributed by atoms with Crippen LogP contribution < -0.4 is 4.74 Å². The number of hydrogen-bond donors (Lipinski definition) is 3. The highest BCUT2D eigenvalue weighted by Gasteiger charge is 2.21. The minimum Gasteiger partial charge on any atom is -0.497 e. The van der Waals surface area contributed by atoms with Crippen molar-refractivity contribution in [2.24, 2.45) is 0 Å². The molecule has 1 aromatic carbocycles. The molecule has 0 unspecified atom stereocenters. The zero-order chi connectivity index (χ0) is 25.6. The number of carboxylic acid groups (broad SMARTS) is 2. The van der Waals surface area contributed by atoms with Crippen molar-refractivity contribution in [3.05, 3.63) is 36.0 Å². The third-order valence-electron chi connectivity index (χ3n) is 6.25. The molecule has 3 rings (SSSR count). The summed E-state index contributed by atoms with van der Waals surface area (Å²) in [6.07, 6.45) is 9.40. The van der Waals surface area contributed by atoms with Gasteiger partial charge in [0, 0.05) is 44.3 Å². The summed E-state index contributed by atoms with van der Waals surface area (Å²) in [5, 5.41) is 26.7. The number of rotatable bonds is 11. The highest BCUT2D eigenvalue weighted by Crippen LogP contribution is 2.27. The molecule has 2 aromatic rings. The van der Waals surface area contributed by atoms with Crippen molar-refractivity contribution in [2.75, 3.05) is 46.4 Å². The van der Waals surface area contributed by atoms with Gasteiger partial charge in [-0.25, -0.2) is 9.59 Å². The van der Waals surface area contributed by atoms with Crippen LogP contribution in [0.1, 0.15) is 57.1 Å². The SMILES string of the molecule is CCCCCCCCN1CCN(C[C@H](O)c2ccnc3ccc(OC)cc23)CC1.O=C(O)C(=O)O. The molecule has 1 fully saturated rings. The Morgan fingerprint density at radius 2 is 1.60 bits per heavy atom. The molecular formula is C26H39N3O6. The fourth-order valence-corrected chi connectivity index (χ4v) is 4.22. The summed E-state index contributed by atoms with van der Waals surface area (Å²) < 4.78 is 5.35. The largest absolute Gasteiger partial charge is 0.497 e. The van der Waals surface area contributed by atoms with Gasteiger partial charge in [-0.15, -0.1) is 0 Å². The second kappa shape index (κ2) is 15.3. The zero-order valence-corrected chi connectivity index (χ0v) is 20.9. The predicted molar refractivity (Wildman–Crippen MR) is 135 cm³/mol. The van der Waals surface area contributed by atoms with Gasteiger partial charge in [0.15, 0.2) is 0 Å². The van der Waals surface area contributed by atoms with Crippen LogP contribution in [0.25, 0.3) is 10.9 Å². The summed E-state index contributed by atoms with van der Waals surface area (Å²) in [5.41, 5.74) is 1.83. The maximum absolute atomic E-state index is 10.9. The van der Waals surface area contributed by atoms with E-state index >= 15 is 0 Å². The number of piperazine rings is 1. The molecule has 0 spiro atoms. The lowest BCUT2D eigenvalue weighted by Gasteiger charge is -2.35. The number of benzene rings is 1. The van der Waals surface area contributed by atoms with E-state index in [1.54, 1.807) is 13.3 Å². The van der Waals surface area contributed by atoms with Crippen molar-refractivity contribution in [3.8, 4) is 5.75 Å². The van der Waals surface area contributed by atoms with Crippen molar-refractivity contribution in [1.82, 2.24) is 14.8 Å². The number of carbonyl (C=O) groups is 2. The number of unbranched alkanes of at least 4 members (excludes halogenated alkanes) is 5. The maximum atomic E-state index is 10.9. The molecule has 0 saturated carbocycles. The number of aliphatic hydroxyl groups is 1. The van der Waals surface area contributed by atoms with Crippen LogP contribution in [0, 0.1) is 0 Å².